The fourth-order valence-corrected chi connectivity index (χ4v) is 5.57. The highest BCUT2D eigenvalue weighted by Crippen LogP contribution is 2.28. The van der Waals surface area contributed by atoms with Crippen LogP contribution in [0.1, 0.15) is 30.6 Å². The molecule has 0 bridgehead atoms. The highest BCUT2D eigenvalue weighted by Gasteiger charge is 2.32. The lowest BCUT2D eigenvalue weighted by molar-refractivity contribution is 0.102. The second-order valence-corrected chi connectivity index (χ2v) is 10.2. The summed E-state index contributed by atoms with van der Waals surface area (Å²) in [5.74, 6) is -1.14. The lowest BCUT2D eigenvalue weighted by Gasteiger charge is -2.34. The van der Waals surface area contributed by atoms with Crippen LogP contribution in [0.4, 0.5) is 10.1 Å². The van der Waals surface area contributed by atoms with Crippen LogP contribution in [0, 0.1) is 17.7 Å². The zero-order chi connectivity index (χ0) is 21.3. The molecule has 0 saturated carbocycles. The molecule has 0 radical (unpaired) electrons. The summed E-state index contributed by atoms with van der Waals surface area (Å²) in [5, 5.41) is 3.05. The van der Waals surface area contributed by atoms with E-state index in [0.29, 0.717) is 23.8 Å². The summed E-state index contributed by atoms with van der Waals surface area (Å²) >= 11 is 11.8. The second-order valence-electron chi connectivity index (χ2n) is 7.49. The molecule has 1 fully saturated rings. The average molecular weight is 459 g/mol. The third-order valence-electron chi connectivity index (χ3n) is 4.83. The van der Waals surface area contributed by atoms with E-state index in [2.05, 4.69) is 5.32 Å². The number of carbonyl (C=O) groups is 1. The fraction of sp³-hybridized carbons (Fsp3) is 0.350. The Morgan fingerprint density at radius 2 is 1.72 bits per heavy atom. The van der Waals surface area contributed by atoms with Gasteiger partial charge in [0.05, 0.1) is 20.5 Å². The molecule has 2 atom stereocenters. The molecule has 29 heavy (non-hydrogen) atoms. The first-order valence-electron chi connectivity index (χ1n) is 9.14. The number of rotatable bonds is 4. The Balaban J connectivity index is 1.89. The van der Waals surface area contributed by atoms with E-state index in [1.54, 1.807) is 0 Å². The first-order chi connectivity index (χ1) is 13.6. The van der Waals surface area contributed by atoms with Crippen molar-refractivity contribution in [3.05, 3.63) is 57.8 Å². The molecule has 1 aliphatic rings. The van der Waals surface area contributed by atoms with E-state index in [9.17, 15) is 17.6 Å². The first kappa shape index (κ1) is 22.0. The lowest BCUT2D eigenvalue weighted by Crippen LogP contribution is -2.42. The normalized spacial score (nSPS) is 20.4. The molecule has 2 aromatic rings. The molecule has 1 N–H and O–H groups in total. The van der Waals surface area contributed by atoms with Crippen molar-refractivity contribution in [2.75, 3.05) is 18.4 Å². The monoisotopic (exact) mass is 458 g/mol. The topological polar surface area (TPSA) is 66.5 Å². The van der Waals surface area contributed by atoms with E-state index in [1.165, 1.54) is 28.6 Å². The van der Waals surface area contributed by atoms with Crippen molar-refractivity contribution >= 4 is 44.8 Å². The number of amides is 1. The zero-order valence-corrected chi connectivity index (χ0v) is 18.3. The van der Waals surface area contributed by atoms with Crippen molar-refractivity contribution in [2.45, 2.75) is 25.2 Å². The van der Waals surface area contributed by atoms with Crippen LogP contribution in [0.5, 0.6) is 0 Å². The number of halogens is 3. The van der Waals surface area contributed by atoms with Gasteiger partial charge in [-0.05, 0) is 54.7 Å². The van der Waals surface area contributed by atoms with Gasteiger partial charge in [0.1, 0.15) is 5.82 Å². The number of nitrogens with zero attached hydrogens (tertiary/aromatic N) is 1. The van der Waals surface area contributed by atoms with Crippen molar-refractivity contribution in [1.82, 2.24) is 4.31 Å². The van der Waals surface area contributed by atoms with Gasteiger partial charge in [-0.2, -0.15) is 4.31 Å². The van der Waals surface area contributed by atoms with E-state index in [-0.39, 0.29) is 27.3 Å². The molecule has 1 saturated heterocycles. The highest BCUT2D eigenvalue weighted by molar-refractivity contribution is 7.89. The number of hydrogen-bond acceptors (Lipinski definition) is 3. The van der Waals surface area contributed by atoms with Gasteiger partial charge in [-0.25, -0.2) is 12.8 Å². The van der Waals surface area contributed by atoms with Crippen LogP contribution in [0.2, 0.25) is 10.0 Å². The summed E-state index contributed by atoms with van der Waals surface area (Å²) in [6.07, 6.45) is 0.951. The van der Waals surface area contributed by atoms with E-state index < -0.39 is 21.7 Å². The van der Waals surface area contributed by atoms with Crippen LogP contribution in [0.25, 0.3) is 0 Å². The van der Waals surface area contributed by atoms with Crippen LogP contribution >= 0.6 is 23.2 Å². The predicted octanol–water partition coefficient (Wildman–Crippen LogP) is 5.05. The number of hydrogen-bond donors (Lipinski definition) is 1. The maximum Gasteiger partial charge on any atom is 0.258 e. The summed E-state index contributed by atoms with van der Waals surface area (Å²) in [4.78, 5) is 12.4. The Hall–Kier alpha value is -1.67. The highest BCUT2D eigenvalue weighted by atomic mass is 35.5. The number of carbonyl (C=O) groups excluding carboxylic acids is 1. The van der Waals surface area contributed by atoms with Gasteiger partial charge >= 0.3 is 0 Å². The quantitative estimate of drug-likeness (QED) is 0.696. The van der Waals surface area contributed by atoms with Gasteiger partial charge < -0.3 is 5.32 Å². The molecule has 1 amide bonds. The van der Waals surface area contributed by atoms with Gasteiger partial charge in [0.2, 0.25) is 10.0 Å². The van der Waals surface area contributed by atoms with E-state index in [4.69, 9.17) is 23.2 Å². The van der Waals surface area contributed by atoms with Crippen molar-refractivity contribution in [1.29, 1.82) is 0 Å². The molecule has 0 unspecified atom stereocenters. The van der Waals surface area contributed by atoms with Gasteiger partial charge in [-0.1, -0.05) is 37.0 Å². The van der Waals surface area contributed by atoms with Crippen molar-refractivity contribution in [2.24, 2.45) is 11.8 Å². The predicted molar refractivity (Wildman–Crippen MR) is 113 cm³/mol. The van der Waals surface area contributed by atoms with E-state index >= 15 is 0 Å². The molecule has 1 heterocycles. The van der Waals surface area contributed by atoms with Crippen LogP contribution in [0.3, 0.4) is 0 Å². The zero-order valence-electron chi connectivity index (χ0n) is 16.0. The minimum Gasteiger partial charge on any atom is -0.322 e. The summed E-state index contributed by atoms with van der Waals surface area (Å²) < 4.78 is 41.8. The van der Waals surface area contributed by atoms with E-state index in [0.717, 1.165) is 18.6 Å². The molecule has 5 nitrogen and oxygen atoms in total. The molecule has 2 aromatic carbocycles. The molecule has 0 spiro atoms. The third kappa shape index (κ3) is 4.91. The van der Waals surface area contributed by atoms with Crippen LogP contribution in [-0.4, -0.2) is 31.7 Å². The maximum absolute atomic E-state index is 14.3. The standard InChI is InChI=1S/C20H21Cl2FN2O3S/c1-12-7-13(2)11-25(10-12)29(27,28)15-4-6-19(23)16(9-15)20(26)24-14-3-5-17(21)18(22)8-14/h3-6,8-9,12-13H,7,10-11H2,1-2H3,(H,24,26)/t12-,13-/m1/s1. The largest absolute Gasteiger partial charge is 0.322 e. The van der Waals surface area contributed by atoms with Crippen LogP contribution < -0.4 is 5.32 Å². The summed E-state index contributed by atoms with van der Waals surface area (Å²) in [5.41, 5.74) is -0.0500. The van der Waals surface area contributed by atoms with Crippen molar-refractivity contribution in [3.63, 3.8) is 0 Å². The molecular weight excluding hydrogens is 438 g/mol. The SMILES string of the molecule is C[C@@H]1C[C@@H](C)CN(S(=O)(=O)c2ccc(F)c(C(=O)Nc3ccc(Cl)c(Cl)c3)c2)C1. The van der Waals surface area contributed by atoms with E-state index in [1.807, 2.05) is 13.8 Å². The van der Waals surface area contributed by atoms with Gasteiger partial charge in [0.15, 0.2) is 0 Å². The number of nitrogens with one attached hydrogen (secondary N) is 1. The van der Waals surface area contributed by atoms with Crippen molar-refractivity contribution < 1.29 is 17.6 Å². The maximum atomic E-state index is 14.3. The Bertz CT molecular complexity index is 1040. The van der Waals surface area contributed by atoms with Gasteiger partial charge in [0.25, 0.3) is 5.91 Å². The molecule has 3 rings (SSSR count). The fourth-order valence-electron chi connectivity index (χ4n) is 3.56. The molecule has 0 aliphatic carbocycles. The van der Waals surface area contributed by atoms with Crippen LogP contribution in [0.15, 0.2) is 41.3 Å². The summed E-state index contributed by atoms with van der Waals surface area (Å²) in [6, 6.07) is 7.69. The number of anilines is 1. The number of sulfonamides is 1. The van der Waals surface area contributed by atoms with Gasteiger partial charge in [-0.3, -0.25) is 4.79 Å². The Labute approximate surface area is 179 Å². The molecule has 9 heteroatoms. The lowest BCUT2D eigenvalue weighted by atomic mass is 9.94. The molecular formula is C20H21Cl2FN2O3S. The molecule has 156 valence electrons. The molecule has 0 aromatic heterocycles. The summed E-state index contributed by atoms with van der Waals surface area (Å²) in [6.45, 7) is 4.79. The Morgan fingerprint density at radius 1 is 1.07 bits per heavy atom. The van der Waals surface area contributed by atoms with Crippen LogP contribution in [-0.2, 0) is 10.0 Å². The summed E-state index contributed by atoms with van der Waals surface area (Å²) in [7, 11) is -3.84. The number of benzene rings is 2. The second kappa shape index (κ2) is 8.60. The van der Waals surface area contributed by atoms with Gasteiger partial charge in [0, 0.05) is 18.8 Å². The smallest absolute Gasteiger partial charge is 0.258 e. The van der Waals surface area contributed by atoms with Crippen molar-refractivity contribution in [3.8, 4) is 0 Å². The minimum atomic E-state index is -3.84. The minimum absolute atomic E-state index is 0.112. The number of piperidine rings is 1. The Morgan fingerprint density at radius 3 is 2.34 bits per heavy atom. The third-order valence-corrected chi connectivity index (χ3v) is 7.40. The van der Waals surface area contributed by atoms with Gasteiger partial charge in [-0.15, -0.1) is 0 Å². The average Bonchev–Trinajstić information content (AvgIpc) is 2.64. The first-order valence-corrected chi connectivity index (χ1v) is 11.3. The Kier molecular flexibility index (Phi) is 6.53. The molecule has 1 aliphatic heterocycles.